The topological polar surface area (TPSA) is 111 Å². The van der Waals surface area contributed by atoms with Gasteiger partial charge in [0, 0.05) is 12.1 Å². The summed E-state index contributed by atoms with van der Waals surface area (Å²) in [5.41, 5.74) is 5.43. The number of esters is 1. The zero-order valence-electron chi connectivity index (χ0n) is 17.4. The first-order chi connectivity index (χ1) is 13.5. The molecule has 0 aliphatic carbocycles. The Kier molecular flexibility index (Phi) is 6.41. The van der Waals surface area contributed by atoms with Gasteiger partial charge in [-0.1, -0.05) is 58.0 Å². The van der Waals surface area contributed by atoms with Crippen LogP contribution < -0.4 is 11.1 Å². The Bertz CT molecular complexity index is 921. The summed E-state index contributed by atoms with van der Waals surface area (Å²) in [5, 5.41) is 2.78. The van der Waals surface area contributed by atoms with Gasteiger partial charge in [-0.3, -0.25) is 9.59 Å². The second-order valence-corrected chi connectivity index (χ2v) is 8.01. The molecule has 2 amide bonds. The van der Waals surface area contributed by atoms with Crippen molar-refractivity contribution in [1.82, 2.24) is 10.3 Å². The third kappa shape index (κ3) is 4.62. The normalized spacial score (nSPS) is 11.6. The van der Waals surface area contributed by atoms with Crippen molar-refractivity contribution >= 4 is 17.8 Å². The average Bonchev–Trinajstić information content (AvgIpc) is 2.71. The molecule has 1 aromatic heterocycles. The highest BCUT2D eigenvalue weighted by Gasteiger charge is 2.42. The van der Waals surface area contributed by atoms with Gasteiger partial charge in [0.05, 0.1) is 23.8 Å². The largest absolute Gasteiger partial charge is 0.465 e. The first kappa shape index (κ1) is 22.1. The lowest BCUT2D eigenvalue weighted by Crippen LogP contribution is -2.49. The van der Waals surface area contributed by atoms with E-state index in [1.54, 1.807) is 19.9 Å². The molecule has 0 atom stereocenters. The number of nitrogens with two attached hydrogens (primary N) is 1. The number of nitrogens with one attached hydrogen (secondary N) is 1. The van der Waals surface area contributed by atoms with E-state index in [4.69, 9.17) is 10.5 Å². The second kappa shape index (κ2) is 8.43. The van der Waals surface area contributed by atoms with E-state index in [0.29, 0.717) is 5.69 Å². The Labute approximate surface area is 170 Å². The minimum Gasteiger partial charge on any atom is -0.465 e. The van der Waals surface area contributed by atoms with E-state index in [-0.39, 0.29) is 17.8 Å². The van der Waals surface area contributed by atoms with Crippen LogP contribution in [0.4, 0.5) is 0 Å². The van der Waals surface area contributed by atoms with Crippen LogP contribution in [-0.2, 0) is 9.53 Å². The van der Waals surface area contributed by atoms with Gasteiger partial charge in [-0.05, 0) is 17.5 Å². The number of amides is 2. The van der Waals surface area contributed by atoms with Crippen molar-refractivity contribution in [2.24, 2.45) is 16.6 Å². The first-order valence-electron chi connectivity index (χ1n) is 9.24. The van der Waals surface area contributed by atoms with Crippen LogP contribution in [0.2, 0.25) is 0 Å². The van der Waals surface area contributed by atoms with Gasteiger partial charge >= 0.3 is 5.97 Å². The Hall–Kier alpha value is -3.22. The number of methoxy groups -OCH3 is 1. The minimum atomic E-state index is -0.856. The molecule has 29 heavy (non-hydrogen) atoms. The number of nitrogens with zero attached hydrogens (tertiary/aromatic N) is 1. The molecule has 7 heteroatoms. The second-order valence-electron chi connectivity index (χ2n) is 8.01. The van der Waals surface area contributed by atoms with E-state index >= 15 is 0 Å². The smallest absolute Gasteiger partial charge is 0.340 e. The summed E-state index contributed by atoms with van der Waals surface area (Å²) in [4.78, 5) is 41.3. The van der Waals surface area contributed by atoms with E-state index in [2.05, 4.69) is 10.3 Å². The third-order valence-electron chi connectivity index (χ3n) is 5.58. The molecule has 0 saturated carbocycles. The quantitative estimate of drug-likeness (QED) is 0.698. The molecule has 0 spiro atoms. The standard InChI is InChI=1S/C22H27N3O4/c1-21(2,22(3,4)20(23)28)13-24-18(26)17-15(19(27)29-5)11-12-16(25-17)14-9-7-6-8-10-14/h6-12H,13H2,1-5H3,(H2,23,28)(H,24,26). The molecule has 0 aliphatic rings. The lowest BCUT2D eigenvalue weighted by molar-refractivity contribution is -0.131. The first-order valence-corrected chi connectivity index (χ1v) is 9.24. The van der Waals surface area contributed by atoms with Crippen molar-refractivity contribution in [2.75, 3.05) is 13.7 Å². The van der Waals surface area contributed by atoms with Gasteiger partial charge in [0.15, 0.2) is 0 Å². The summed E-state index contributed by atoms with van der Waals surface area (Å²) < 4.78 is 4.78. The minimum absolute atomic E-state index is 0.0362. The number of carbonyl (C=O) groups excluding carboxylic acids is 3. The average molecular weight is 397 g/mol. The highest BCUT2D eigenvalue weighted by atomic mass is 16.5. The number of hydrogen-bond donors (Lipinski definition) is 2. The molecule has 7 nitrogen and oxygen atoms in total. The molecule has 2 aromatic rings. The van der Waals surface area contributed by atoms with E-state index < -0.39 is 28.6 Å². The van der Waals surface area contributed by atoms with Gasteiger partial charge in [-0.15, -0.1) is 0 Å². The molecule has 1 aromatic carbocycles. The van der Waals surface area contributed by atoms with Crippen molar-refractivity contribution in [1.29, 1.82) is 0 Å². The third-order valence-corrected chi connectivity index (χ3v) is 5.58. The van der Waals surface area contributed by atoms with Gasteiger partial charge in [-0.2, -0.15) is 0 Å². The predicted molar refractivity (Wildman–Crippen MR) is 110 cm³/mol. The van der Waals surface area contributed by atoms with Crippen molar-refractivity contribution in [3.63, 3.8) is 0 Å². The van der Waals surface area contributed by atoms with Crippen LogP contribution in [0.25, 0.3) is 11.3 Å². The highest BCUT2D eigenvalue weighted by molar-refractivity contribution is 6.04. The summed E-state index contributed by atoms with van der Waals surface area (Å²) in [6, 6.07) is 12.5. The van der Waals surface area contributed by atoms with Crippen molar-refractivity contribution in [3.8, 4) is 11.3 Å². The highest BCUT2D eigenvalue weighted by Crippen LogP contribution is 2.37. The van der Waals surface area contributed by atoms with Crippen LogP contribution >= 0.6 is 0 Å². The van der Waals surface area contributed by atoms with Gasteiger partial charge in [0.1, 0.15) is 5.69 Å². The molecular formula is C22H27N3O4. The summed E-state index contributed by atoms with van der Waals surface area (Å²) in [7, 11) is 1.24. The van der Waals surface area contributed by atoms with Crippen molar-refractivity contribution in [2.45, 2.75) is 27.7 Å². The molecule has 1 heterocycles. The zero-order chi connectivity index (χ0) is 21.8. The molecule has 0 fully saturated rings. The number of rotatable bonds is 7. The van der Waals surface area contributed by atoms with Crippen LogP contribution in [0, 0.1) is 10.8 Å². The van der Waals surface area contributed by atoms with E-state index in [1.807, 2.05) is 44.2 Å². The van der Waals surface area contributed by atoms with Gasteiger partial charge in [0.2, 0.25) is 5.91 Å². The number of carbonyl (C=O) groups is 3. The van der Waals surface area contributed by atoms with Crippen molar-refractivity contribution < 1.29 is 19.1 Å². The fourth-order valence-corrected chi connectivity index (χ4v) is 2.62. The fourth-order valence-electron chi connectivity index (χ4n) is 2.62. The van der Waals surface area contributed by atoms with Crippen LogP contribution in [-0.4, -0.2) is 36.4 Å². The van der Waals surface area contributed by atoms with Crippen LogP contribution in [0.3, 0.4) is 0 Å². The maximum atomic E-state index is 12.9. The molecule has 154 valence electrons. The number of benzene rings is 1. The SMILES string of the molecule is COC(=O)c1ccc(-c2ccccc2)nc1C(=O)NCC(C)(C)C(C)(C)C(N)=O. The monoisotopic (exact) mass is 397 g/mol. The number of hydrogen-bond acceptors (Lipinski definition) is 5. The predicted octanol–water partition coefficient (Wildman–Crippen LogP) is 2.80. The summed E-state index contributed by atoms with van der Waals surface area (Å²) >= 11 is 0. The lowest BCUT2D eigenvalue weighted by atomic mass is 9.67. The maximum absolute atomic E-state index is 12.9. The lowest BCUT2D eigenvalue weighted by Gasteiger charge is -2.39. The number of pyridine rings is 1. The Morgan fingerprint density at radius 2 is 1.66 bits per heavy atom. The Balaban J connectivity index is 2.36. The molecule has 0 unspecified atom stereocenters. The van der Waals surface area contributed by atoms with Gasteiger partial charge in [-0.25, -0.2) is 9.78 Å². The van der Waals surface area contributed by atoms with Crippen LogP contribution in [0.1, 0.15) is 48.5 Å². The molecular weight excluding hydrogens is 370 g/mol. The number of ether oxygens (including phenoxy) is 1. The number of primary amides is 1. The molecule has 0 aliphatic heterocycles. The number of aromatic nitrogens is 1. The van der Waals surface area contributed by atoms with Crippen LogP contribution in [0.5, 0.6) is 0 Å². The van der Waals surface area contributed by atoms with Gasteiger partial charge < -0.3 is 15.8 Å². The summed E-state index contributed by atoms with van der Waals surface area (Å²) in [6.45, 7) is 7.31. The fraction of sp³-hybridized carbons (Fsp3) is 0.364. The summed E-state index contributed by atoms with van der Waals surface area (Å²) in [5.74, 6) is -1.65. The van der Waals surface area contributed by atoms with Crippen LogP contribution in [0.15, 0.2) is 42.5 Å². The zero-order valence-corrected chi connectivity index (χ0v) is 17.4. The van der Waals surface area contributed by atoms with E-state index in [9.17, 15) is 14.4 Å². The van der Waals surface area contributed by atoms with Crippen molar-refractivity contribution in [3.05, 3.63) is 53.7 Å². The summed E-state index contributed by atoms with van der Waals surface area (Å²) in [6.07, 6.45) is 0. The van der Waals surface area contributed by atoms with E-state index in [1.165, 1.54) is 13.2 Å². The molecule has 0 radical (unpaired) electrons. The van der Waals surface area contributed by atoms with Gasteiger partial charge in [0.25, 0.3) is 5.91 Å². The molecule has 2 rings (SSSR count). The molecule has 3 N–H and O–H groups in total. The maximum Gasteiger partial charge on any atom is 0.340 e. The Morgan fingerprint density at radius 3 is 2.21 bits per heavy atom. The molecule has 0 bridgehead atoms. The van der Waals surface area contributed by atoms with E-state index in [0.717, 1.165) is 5.56 Å². The Morgan fingerprint density at radius 1 is 1.03 bits per heavy atom. The molecule has 0 saturated heterocycles.